The highest BCUT2D eigenvalue weighted by atomic mass is 35.5. The Morgan fingerprint density at radius 2 is 1.96 bits per heavy atom. The molecule has 144 valence electrons. The number of aromatic nitrogens is 1. The summed E-state index contributed by atoms with van der Waals surface area (Å²) in [5.74, 6) is -0.222. The number of nitrogen functional groups attached to an aromatic ring is 1. The van der Waals surface area contributed by atoms with E-state index in [4.69, 9.17) is 32.5 Å². The summed E-state index contributed by atoms with van der Waals surface area (Å²) in [4.78, 5) is 16.7. The first kappa shape index (κ1) is 19.8. The van der Waals surface area contributed by atoms with Crippen molar-refractivity contribution in [3.63, 3.8) is 0 Å². The van der Waals surface area contributed by atoms with Gasteiger partial charge in [0.05, 0.1) is 28.4 Å². The Labute approximate surface area is 169 Å². The standard InChI is InChI=1S/C22H22ClN3O2/c1-4-28-22(27)14-7-5-13(6-8-14)21-19(12(2)3)20(23)16-9-15(11-24)17(25)10-18(16)26-21/h5-12,24H,4,25H2,1-3H3. The third-order valence-electron chi connectivity index (χ3n) is 4.56. The van der Waals surface area contributed by atoms with Crippen LogP contribution in [0.4, 0.5) is 5.69 Å². The van der Waals surface area contributed by atoms with Crippen LogP contribution in [0, 0.1) is 5.41 Å². The number of nitrogens with zero attached hydrogens (tertiary/aromatic N) is 1. The number of ether oxygens (including phenoxy) is 1. The smallest absolute Gasteiger partial charge is 0.338 e. The van der Waals surface area contributed by atoms with E-state index < -0.39 is 0 Å². The summed E-state index contributed by atoms with van der Waals surface area (Å²) in [6, 6.07) is 10.7. The topological polar surface area (TPSA) is 89.1 Å². The maximum absolute atomic E-state index is 11.9. The summed E-state index contributed by atoms with van der Waals surface area (Å²) in [6.07, 6.45) is 1.21. The molecule has 0 amide bonds. The van der Waals surface area contributed by atoms with Gasteiger partial charge >= 0.3 is 5.97 Å². The number of halogens is 1. The van der Waals surface area contributed by atoms with E-state index in [1.165, 1.54) is 6.21 Å². The van der Waals surface area contributed by atoms with Crippen molar-refractivity contribution in [3.8, 4) is 11.3 Å². The molecule has 0 bridgehead atoms. The summed E-state index contributed by atoms with van der Waals surface area (Å²) in [5, 5.41) is 8.90. The predicted molar refractivity (Wildman–Crippen MR) is 115 cm³/mol. The molecule has 6 heteroatoms. The molecule has 0 unspecified atom stereocenters. The van der Waals surface area contributed by atoms with Crippen LogP contribution in [0.2, 0.25) is 5.02 Å². The van der Waals surface area contributed by atoms with Gasteiger partial charge in [-0.05, 0) is 37.1 Å². The molecule has 2 aromatic carbocycles. The molecular formula is C22H22ClN3O2. The first-order valence-electron chi connectivity index (χ1n) is 9.08. The number of nitrogens with two attached hydrogens (primary N) is 1. The van der Waals surface area contributed by atoms with Gasteiger partial charge in [-0.2, -0.15) is 0 Å². The number of carbonyl (C=O) groups excluding carboxylic acids is 1. The van der Waals surface area contributed by atoms with Gasteiger partial charge in [-0.3, -0.25) is 0 Å². The number of anilines is 1. The zero-order chi connectivity index (χ0) is 20.4. The third kappa shape index (κ3) is 3.58. The van der Waals surface area contributed by atoms with E-state index >= 15 is 0 Å². The molecule has 0 spiro atoms. The molecule has 0 aliphatic rings. The summed E-state index contributed by atoms with van der Waals surface area (Å²) in [6.45, 7) is 6.22. The van der Waals surface area contributed by atoms with Crippen molar-refractivity contribution in [3.05, 3.63) is 58.1 Å². The van der Waals surface area contributed by atoms with Gasteiger partial charge in [0.15, 0.2) is 0 Å². The third-order valence-corrected chi connectivity index (χ3v) is 4.97. The summed E-state index contributed by atoms with van der Waals surface area (Å²) in [7, 11) is 0. The summed E-state index contributed by atoms with van der Waals surface area (Å²) < 4.78 is 5.04. The zero-order valence-electron chi connectivity index (χ0n) is 16.0. The molecule has 1 aromatic heterocycles. The molecule has 3 rings (SSSR count). The fraction of sp³-hybridized carbons (Fsp3) is 0.227. The minimum Gasteiger partial charge on any atom is -0.462 e. The second-order valence-corrected chi connectivity index (χ2v) is 7.16. The maximum Gasteiger partial charge on any atom is 0.338 e. The molecular weight excluding hydrogens is 374 g/mol. The molecule has 1 heterocycles. The van der Waals surface area contributed by atoms with E-state index in [1.807, 2.05) is 12.1 Å². The highest BCUT2D eigenvalue weighted by Crippen LogP contribution is 2.39. The Hall–Kier alpha value is -2.92. The fourth-order valence-corrected chi connectivity index (χ4v) is 3.63. The Kier molecular flexibility index (Phi) is 5.66. The van der Waals surface area contributed by atoms with Crippen LogP contribution in [0.1, 0.15) is 48.2 Å². The zero-order valence-corrected chi connectivity index (χ0v) is 16.8. The lowest BCUT2D eigenvalue weighted by atomic mass is 9.94. The number of hydrogen-bond donors (Lipinski definition) is 2. The quantitative estimate of drug-likeness (QED) is 0.342. The largest absolute Gasteiger partial charge is 0.462 e. The normalized spacial score (nSPS) is 11.0. The van der Waals surface area contributed by atoms with Crippen LogP contribution in [0.25, 0.3) is 22.2 Å². The van der Waals surface area contributed by atoms with E-state index in [2.05, 4.69) is 13.8 Å². The average molecular weight is 396 g/mol. The van der Waals surface area contributed by atoms with Crippen LogP contribution in [-0.4, -0.2) is 23.8 Å². The lowest BCUT2D eigenvalue weighted by Gasteiger charge is -2.17. The molecule has 0 radical (unpaired) electrons. The van der Waals surface area contributed by atoms with Crippen molar-refractivity contribution < 1.29 is 9.53 Å². The average Bonchev–Trinajstić information content (AvgIpc) is 2.67. The van der Waals surface area contributed by atoms with Crippen LogP contribution in [0.5, 0.6) is 0 Å². The van der Waals surface area contributed by atoms with Crippen LogP contribution in [-0.2, 0) is 4.74 Å². The van der Waals surface area contributed by atoms with E-state index in [1.54, 1.807) is 31.2 Å². The van der Waals surface area contributed by atoms with Gasteiger partial charge in [0.25, 0.3) is 0 Å². The van der Waals surface area contributed by atoms with Crippen molar-refractivity contribution >= 4 is 40.4 Å². The van der Waals surface area contributed by atoms with Gasteiger partial charge in [-0.15, -0.1) is 0 Å². The Bertz CT molecular complexity index is 1060. The van der Waals surface area contributed by atoms with Crippen molar-refractivity contribution in [2.24, 2.45) is 0 Å². The SMILES string of the molecule is CCOC(=O)c1ccc(-c2nc3cc(N)c(C=N)cc3c(Cl)c2C(C)C)cc1. The van der Waals surface area contributed by atoms with Crippen molar-refractivity contribution in [2.45, 2.75) is 26.7 Å². The number of fused-ring (bicyclic) bond motifs is 1. The van der Waals surface area contributed by atoms with Crippen LogP contribution >= 0.6 is 11.6 Å². The van der Waals surface area contributed by atoms with Crippen LogP contribution < -0.4 is 5.73 Å². The first-order chi connectivity index (χ1) is 13.4. The van der Waals surface area contributed by atoms with Crippen LogP contribution in [0.3, 0.4) is 0 Å². The number of carbonyl (C=O) groups is 1. The van der Waals surface area contributed by atoms with Crippen molar-refractivity contribution in [1.82, 2.24) is 4.98 Å². The first-order valence-corrected chi connectivity index (χ1v) is 9.45. The van der Waals surface area contributed by atoms with Crippen molar-refractivity contribution in [2.75, 3.05) is 12.3 Å². The number of nitrogens with one attached hydrogen (secondary N) is 1. The maximum atomic E-state index is 11.9. The highest BCUT2D eigenvalue weighted by Gasteiger charge is 2.19. The monoisotopic (exact) mass is 395 g/mol. The molecule has 5 nitrogen and oxygen atoms in total. The van der Waals surface area contributed by atoms with Gasteiger partial charge in [0.2, 0.25) is 0 Å². The molecule has 0 aliphatic heterocycles. The van der Waals surface area contributed by atoms with Gasteiger partial charge in [-0.1, -0.05) is 37.6 Å². The van der Waals surface area contributed by atoms with Crippen LogP contribution in [0.15, 0.2) is 36.4 Å². The molecule has 0 atom stereocenters. The van der Waals surface area contributed by atoms with E-state index in [-0.39, 0.29) is 11.9 Å². The molecule has 0 fully saturated rings. The van der Waals surface area contributed by atoms with Gasteiger partial charge in [0.1, 0.15) is 0 Å². The molecule has 28 heavy (non-hydrogen) atoms. The number of benzene rings is 2. The number of rotatable bonds is 5. The van der Waals surface area contributed by atoms with Gasteiger partial charge in [0, 0.05) is 34.0 Å². The van der Waals surface area contributed by atoms with E-state index in [0.29, 0.717) is 34.0 Å². The Morgan fingerprint density at radius 1 is 1.29 bits per heavy atom. The Morgan fingerprint density at radius 3 is 2.54 bits per heavy atom. The highest BCUT2D eigenvalue weighted by molar-refractivity contribution is 6.36. The lowest BCUT2D eigenvalue weighted by Crippen LogP contribution is -2.05. The minimum absolute atomic E-state index is 0.130. The summed E-state index contributed by atoms with van der Waals surface area (Å²) >= 11 is 6.77. The second kappa shape index (κ2) is 7.98. The molecule has 0 saturated carbocycles. The van der Waals surface area contributed by atoms with E-state index in [0.717, 1.165) is 22.2 Å². The van der Waals surface area contributed by atoms with Gasteiger partial charge < -0.3 is 15.9 Å². The minimum atomic E-state index is -0.352. The number of hydrogen-bond acceptors (Lipinski definition) is 5. The fourth-order valence-electron chi connectivity index (χ4n) is 3.17. The van der Waals surface area contributed by atoms with Crippen molar-refractivity contribution in [1.29, 1.82) is 5.41 Å². The number of pyridine rings is 1. The lowest BCUT2D eigenvalue weighted by molar-refractivity contribution is 0.0526. The predicted octanol–water partition coefficient (Wildman–Crippen LogP) is 5.44. The van der Waals surface area contributed by atoms with Gasteiger partial charge in [-0.25, -0.2) is 9.78 Å². The molecule has 3 N–H and O–H groups in total. The second-order valence-electron chi connectivity index (χ2n) is 6.78. The number of esters is 1. The molecule has 0 saturated heterocycles. The summed E-state index contributed by atoms with van der Waals surface area (Å²) in [5.41, 5.74) is 10.8. The Balaban J connectivity index is 2.21. The molecule has 3 aromatic rings. The van der Waals surface area contributed by atoms with E-state index in [9.17, 15) is 4.79 Å². The molecule has 0 aliphatic carbocycles.